The van der Waals surface area contributed by atoms with Gasteiger partial charge in [0.05, 0.1) is 16.8 Å². The van der Waals surface area contributed by atoms with E-state index in [1.54, 1.807) is 18.2 Å². The molecule has 0 saturated carbocycles. The van der Waals surface area contributed by atoms with Crippen LogP contribution in [0.2, 0.25) is 4.34 Å². The van der Waals surface area contributed by atoms with Crippen molar-refractivity contribution in [2.24, 2.45) is 0 Å². The molecule has 0 saturated heterocycles. The van der Waals surface area contributed by atoms with Crippen LogP contribution in [0.15, 0.2) is 36.4 Å². The van der Waals surface area contributed by atoms with Crippen molar-refractivity contribution in [2.75, 3.05) is 0 Å². The van der Waals surface area contributed by atoms with Crippen LogP contribution in [0.5, 0.6) is 5.75 Å². The molecule has 0 spiro atoms. The highest BCUT2D eigenvalue weighted by atomic mass is 35.5. The van der Waals surface area contributed by atoms with Crippen LogP contribution >= 0.6 is 22.9 Å². The zero-order valence-electron chi connectivity index (χ0n) is 10.4. The number of thiophene rings is 1. The van der Waals surface area contributed by atoms with Crippen LogP contribution in [0, 0.1) is 0 Å². The summed E-state index contributed by atoms with van der Waals surface area (Å²) in [6, 6.07) is 10.4. The number of rotatable bonds is 4. The molecular weight excluding hydrogens is 282 g/mol. The second-order valence-corrected chi connectivity index (χ2v) is 6.02. The summed E-state index contributed by atoms with van der Waals surface area (Å²) in [7, 11) is 0. The number of phenolic OH excluding ortho intramolecular Hbond substituents is 1. The number of nitrogens with one attached hydrogen (secondary N) is 1. The summed E-state index contributed by atoms with van der Waals surface area (Å²) < 4.78 is 0.712. The lowest BCUT2D eigenvalue weighted by atomic mass is 10.1. The van der Waals surface area contributed by atoms with Gasteiger partial charge in [-0.1, -0.05) is 23.7 Å². The van der Waals surface area contributed by atoms with Crippen LogP contribution in [-0.2, 0) is 11.2 Å². The van der Waals surface area contributed by atoms with Gasteiger partial charge in [-0.3, -0.25) is 4.79 Å². The molecule has 1 heterocycles. The Morgan fingerprint density at radius 2 is 2.21 bits per heavy atom. The smallest absolute Gasteiger partial charge is 0.224 e. The van der Waals surface area contributed by atoms with Crippen molar-refractivity contribution in [1.29, 1.82) is 0 Å². The molecule has 0 aliphatic carbocycles. The van der Waals surface area contributed by atoms with Gasteiger partial charge in [0.25, 0.3) is 0 Å². The Labute approximate surface area is 120 Å². The van der Waals surface area contributed by atoms with E-state index in [1.807, 2.05) is 25.1 Å². The molecule has 1 unspecified atom stereocenters. The molecular formula is C14H14ClNO2S. The summed E-state index contributed by atoms with van der Waals surface area (Å²) in [5, 5.41) is 12.3. The number of benzene rings is 1. The first-order chi connectivity index (χ1) is 9.04. The highest BCUT2D eigenvalue weighted by Gasteiger charge is 2.12. The Hall–Kier alpha value is -1.52. The van der Waals surface area contributed by atoms with Gasteiger partial charge in [-0.15, -0.1) is 11.3 Å². The number of carbonyl (C=O) groups excluding carboxylic acids is 1. The van der Waals surface area contributed by atoms with Crippen LogP contribution in [-0.4, -0.2) is 11.0 Å². The maximum absolute atomic E-state index is 11.9. The molecule has 1 aromatic heterocycles. The van der Waals surface area contributed by atoms with E-state index in [-0.39, 0.29) is 24.1 Å². The summed E-state index contributed by atoms with van der Waals surface area (Å²) >= 11 is 7.32. The number of amides is 1. The fraction of sp³-hybridized carbons (Fsp3) is 0.214. The van der Waals surface area contributed by atoms with E-state index >= 15 is 0 Å². The van der Waals surface area contributed by atoms with Gasteiger partial charge in [0, 0.05) is 4.88 Å². The van der Waals surface area contributed by atoms with Gasteiger partial charge >= 0.3 is 0 Å². The summed E-state index contributed by atoms with van der Waals surface area (Å²) in [5.74, 6) is 0.0889. The molecule has 2 rings (SSSR count). The fourth-order valence-electron chi connectivity index (χ4n) is 1.78. The van der Waals surface area contributed by atoms with Crippen molar-refractivity contribution in [3.05, 3.63) is 51.2 Å². The van der Waals surface area contributed by atoms with E-state index in [0.717, 1.165) is 10.4 Å². The minimum atomic E-state index is -0.0809. The minimum absolute atomic E-state index is 0.0673. The molecule has 0 bridgehead atoms. The summed E-state index contributed by atoms with van der Waals surface area (Å²) in [6.07, 6.45) is 0.248. The molecule has 3 nitrogen and oxygen atoms in total. The first kappa shape index (κ1) is 13.9. The fourth-order valence-corrected chi connectivity index (χ4v) is 2.84. The third kappa shape index (κ3) is 3.98. The second kappa shape index (κ2) is 6.08. The molecule has 0 fully saturated rings. The van der Waals surface area contributed by atoms with Crippen LogP contribution in [0.1, 0.15) is 23.4 Å². The molecule has 1 amide bonds. The Morgan fingerprint density at radius 1 is 1.42 bits per heavy atom. The minimum Gasteiger partial charge on any atom is -0.508 e. The molecule has 100 valence electrons. The van der Waals surface area contributed by atoms with Crippen LogP contribution in [0.3, 0.4) is 0 Å². The lowest BCUT2D eigenvalue weighted by Crippen LogP contribution is -2.27. The molecule has 0 aliphatic rings. The van der Waals surface area contributed by atoms with Gasteiger partial charge in [0.15, 0.2) is 0 Å². The van der Waals surface area contributed by atoms with E-state index in [1.165, 1.54) is 11.3 Å². The van der Waals surface area contributed by atoms with Gasteiger partial charge in [-0.05, 0) is 36.8 Å². The van der Waals surface area contributed by atoms with Crippen molar-refractivity contribution >= 4 is 28.8 Å². The zero-order valence-corrected chi connectivity index (χ0v) is 12.0. The monoisotopic (exact) mass is 295 g/mol. The summed E-state index contributed by atoms with van der Waals surface area (Å²) in [6.45, 7) is 1.92. The van der Waals surface area contributed by atoms with Crippen LogP contribution in [0.25, 0.3) is 0 Å². The first-order valence-electron chi connectivity index (χ1n) is 5.87. The number of carbonyl (C=O) groups is 1. The lowest BCUT2D eigenvalue weighted by molar-refractivity contribution is -0.121. The van der Waals surface area contributed by atoms with E-state index in [2.05, 4.69) is 5.32 Å². The van der Waals surface area contributed by atoms with E-state index < -0.39 is 0 Å². The Balaban J connectivity index is 1.94. The number of halogens is 1. The maximum Gasteiger partial charge on any atom is 0.224 e. The van der Waals surface area contributed by atoms with Gasteiger partial charge in [0.1, 0.15) is 5.75 Å². The highest BCUT2D eigenvalue weighted by Crippen LogP contribution is 2.26. The van der Waals surface area contributed by atoms with Crippen molar-refractivity contribution in [2.45, 2.75) is 19.4 Å². The van der Waals surface area contributed by atoms with Crippen LogP contribution < -0.4 is 5.32 Å². The molecule has 5 heteroatoms. The Morgan fingerprint density at radius 3 is 2.84 bits per heavy atom. The van der Waals surface area contributed by atoms with E-state index in [9.17, 15) is 9.90 Å². The average Bonchev–Trinajstić information content (AvgIpc) is 2.75. The predicted octanol–water partition coefficient (Wildman–Crippen LogP) is 3.53. The van der Waals surface area contributed by atoms with Gasteiger partial charge in [0.2, 0.25) is 5.91 Å². The highest BCUT2D eigenvalue weighted by molar-refractivity contribution is 7.16. The normalized spacial score (nSPS) is 12.1. The lowest BCUT2D eigenvalue weighted by Gasteiger charge is -2.12. The molecule has 0 radical (unpaired) electrons. The topological polar surface area (TPSA) is 49.3 Å². The largest absolute Gasteiger partial charge is 0.508 e. The second-order valence-electron chi connectivity index (χ2n) is 4.28. The van der Waals surface area contributed by atoms with Crippen molar-refractivity contribution in [3.63, 3.8) is 0 Å². The molecule has 2 aromatic rings. The third-order valence-corrected chi connectivity index (χ3v) is 4.09. The molecule has 0 aliphatic heterocycles. The van der Waals surface area contributed by atoms with Gasteiger partial charge in [-0.2, -0.15) is 0 Å². The number of phenols is 1. The molecule has 1 atom stereocenters. The predicted molar refractivity (Wildman–Crippen MR) is 77.7 cm³/mol. The molecule has 2 N–H and O–H groups in total. The SMILES string of the molecule is CC(NC(=O)Cc1cccc(O)c1)c1ccc(Cl)s1. The van der Waals surface area contributed by atoms with Crippen LogP contribution in [0.4, 0.5) is 0 Å². The average molecular weight is 296 g/mol. The first-order valence-corrected chi connectivity index (χ1v) is 7.06. The van der Waals surface area contributed by atoms with E-state index in [4.69, 9.17) is 11.6 Å². The third-order valence-electron chi connectivity index (χ3n) is 2.67. The van der Waals surface area contributed by atoms with Crippen molar-refractivity contribution in [1.82, 2.24) is 5.32 Å². The Bertz CT molecular complexity index is 582. The number of hydrogen-bond acceptors (Lipinski definition) is 3. The van der Waals surface area contributed by atoms with Crippen molar-refractivity contribution in [3.8, 4) is 5.75 Å². The zero-order chi connectivity index (χ0) is 13.8. The van der Waals surface area contributed by atoms with E-state index in [0.29, 0.717) is 4.34 Å². The number of aromatic hydroxyl groups is 1. The quantitative estimate of drug-likeness (QED) is 0.906. The molecule has 19 heavy (non-hydrogen) atoms. The standard InChI is InChI=1S/C14H14ClNO2S/c1-9(12-5-6-13(15)19-12)16-14(18)8-10-3-2-4-11(17)7-10/h2-7,9,17H,8H2,1H3,(H,16,18). The molecule has 1 aromatic carbocycles. The van der Waals surface area contributed by atoms with Gasteiger partial charge < -0.3 is 10.4 Å². The van der Waals surface area contributed by atoms with Gasteiger partial charge in [-0.25, -0.2) is 0 Å². The Kier molecular flexibility index (Phi) is 4.45. The summed E-state index contributed by atoms with van der Waals surface area (Å²) in [4.78, 5) is 12.9. The number of hydrogen-bond donors (Lipinski definition) is 2. The van der Waals surface area contributed by atoms with Crippen molar-refractivity contribution < 1.29 is 9.90 Å². The maximum atomic E-state index is 11.9. The summed E-state index contributed by atoms with van der Waals surface area (Å²) in [5.41, 5.74) is 0.786.